The highest BCUT2D eigenvalue weighted by atomic mass is 16.5. The first-order valence-electron chi connectivity index (χ1n) is 4.96. The highest BCUT2D eigenvalue weighted by Gasteiger charge is 2.02. The SMILES string of the molecule is CCNc1cc(NN)nc(COCC)n1. The quantitative estimate of drug-likeness (QED) is 0.475. The van der Waals surface area contributed by atoms with Crippen LogP contribution in [-0.4, -0.2) is 23.1 Å². The van der Waals surface area contributed by atoms with Crippen LogP contribution in [-0.2, 0) is 11.3 Å². The lowest BCUT2D eigenvalue weighted by molar-refractivity contribution is 0.128. The number of aromatic nitrogens is 2. The lowest BCUT2D eigenvalue weighted by Gasteiger charge is -2.08. The van der Waals surface area contributed by atoms with Gasteiger partial charge in [-0.05, 0) is 13.8 Å². The third kappa shape index (κ3) is 3.69. The Morgan fingerprint density at radius 1 is 1.33 bits per heavy atom. The predicted molar refractivity (Wildman–Crippen MR) is 59.3 cm³/mol. The minimum absolute atomic E-state index is 0.393. The summed E-state index contributed by atoms with van der Waals surface area (Å²) >= 11 is 0. The maximum absolute atomic E-state index is 5.30. The Balaban J connectivity index is 2.79. The first-order valence-corrected chi connectivity index (χ1v) is 4.96. The van der Waals surface area contributed by atoms with E-state index in [4.69, 9.17) is 10.6 Å². The van der Waals surface area contributed by atoms with E-state index in [2.05, 4.69) is 20.7 Å². The van der Waals surface area contributed by atoms with E-state index in [1.807, 2.05) is 13.8 Å². The fourth-order valence-corrected chi connectivity index (χ4v) is 1.10. The lowest BCUT2D eigenvalue weighted by Crippen LogP contribution is -2.12. The third-order valence-corrected chi connectivity index (χ3v) is 1.71. The van der Waals surface area contributed by atoms with Gasteiger partial charge in [0.05, 0.1) is 0 Å². The number of nitrogens with one attached hydrogen (secondary N) is 2. The average molecular weight is 211 g/mol. The molecule has 0 atom stereocenters. The van der Waals surface area contributed by atoms with Crippen molar-refractivity contribution in [2.75, 3.05) is 23.9 Å². The largest absolute Gasteiger partial charge is 0.374 e. The summed E-state index contributed by atoms with van der Waals surface area (Å²) in [6.07, 6.45) is 0. The Labute approximate surface area is 89.2 Å². The van der Waals surface area contributed by atoms with Crippen LogP contribution in [0.2, 0.25) is 0 Å². The van der Waals surface area contributed by atoms with Crippen molar-refractivity contribution in [1.29, 1.82) is 0 Å². The van der Waals surface area contributed by atoms with Crippen LogP contribution in [0.25, 0.3) is 0 Å². The van der Waals surface area contributed by atoms with Crippen molar-refractivity contribution in [2.24, 2.45) is 5.84 Å². The molecule has 0 radical (unpaired) electrons. The number of hydrogen-bond donors (Lipinski definition) is 3. The molecule has 0 fully saturated rings. The summed E-state index contributed by atoms with van der Waals surface area (Å²) in [6, 6.07) is 1.75. The van der Waals surface area contributed by atoms with E-state index in [0.29, 0.717) is 24.9 Å². The van der Waals surface area contributed by atoms with Gasteiger partial charge in [0, 0.05) is 19.2 Å². The monoisotopic (exact) mass is 211 g/mol. The predicted octanol–water partition coefficient (Wildman–Crippen LogP) is 0.730. The summed E-state index contributed by atoms with van der Waals surface area (Å²) in [4.78, 5) is 8.43. The maximum atomic E-state index is 5.30. The van der Waals surface area contributed by atoms with Crippen molar-refractivity contribution in [2.45, 2.75) is 20.5 Å². The van der Waals surface area contributed by atoms with Crippen LogP contribution < -0.4 is 16.6 Å². The van der Waals surface area contributed by atoms with Crippen LogP contribution in [0, 0.1) is 0 Å². The van der Waals surface area contributed by atoms with Gasteiger partial charge in [-0.2, -0.15) is 0 Å². The van der Waals surface area contributed by atoms with E-state index < -0.39 is 0 Å². The number of nitrogens with two attached hydrogens (primary N) is 1. The van der Waals surface area contributed by atoms with Gasteiger partial charge in [0.15, 0.2) is 5.82 Å². The van der Waals surface area contributed by atoms with Gasteiger partial charge in [-0.15, -0.1) is 0 Å². The zero-order valence-corrected chi connectivity index (χ0v) is 9.08. The highest BCUT2D eigenvalue weighted by Crippen LogP contribution is 2.10. The molecule has 1 aromatic rings. The normalized spacial score (nSPS) is 10.1. The molecule has 6 heteroatoms. The minimum atomic E-state index is 0.393. The van der Waals surface area contributed by atoms with Crippen LogP contribution >= 0.6 is 0 Å². The Morgan fingerprint density at radius 2 is 2.07 bits per heavy atom. The van der Waals surface area contributed by atoms with Gasteiger partial charge >= 0.3 is 0 Å². The van der Waals surface area contributed by atoms with Crippen molar-refractivity contribution in [3.8, 4) is 0 Å². The molecule has 4 N–H and O–H groups in total. The van der Waals surface area contributed by atoms with Crippen molar-refractivity contribution in [3.63, 3.8) is 0 Å². The molecule has 1 heterocycles. The number of nitrogen functional groups attached to an aromatic ring is 1. The number of anilines is 2. The number of ether oxygens (including phenoxy) is 1. The number of rotatable bonds is 6. The molecular weight excluding hydrogens is 194 g/mol. The lowest BCUT2D eigenvalue weighted by atomic mass is 10.5. The van der Waals surface area contributed by atoms with E-state index >= 15 is 0 Å². The second-order valence-corrected chi connectivity index (χ2v) is 2.87. The van der Waals surface area contributed by atoms with Gasteiger partial charge < -0.3 is 15.5 Å². The van der Waals surface area contributed by atoms with Crippen molar-refractivity contribution in [1.82, 2.24) is 9.97 Å². The second kappa shape index (κ2) is 6.15. The maximum Gasteiger partial charge on any atom is 0.158 e. The second-order valence-electron chi connectivity index (χ2n) is 2.87. The molecule has 1 aromatic heterocycles. The van der Waals surface area contributed by atoms with E-state index in [9.17, 15) is 0 Å². The summed E-state index contributed by atoms with van der Waals surface area (Å²) in [7, 11) is 0. The summed E-state index contributed by atoms with van der Waals surface area (Å²) < 4.78 is 5.23. The smallest absolute Gasteiger partial charge is 0.158 e. The Bertz CT molecular complexity index is 305. The van der Waals surface area contributed by atoms with E-state index in [1.165, 1.54) is 0 Å². The molecule has 84 valence electrons. The molecule has 6 nitrogen and oxygen atoms in total. The highest BCUT2D eigenvalue weighted by molar-refractivity contribution is 5.46. The number of hydrazine groups is 1. The Morgan fingerprint density at radius 3 is 2.67 bits per heavy atom. The first-order chi connectivity index (χ1) is 7.30. The van der Waals surface area contributed by atoms with Crippen LogP contribution in [0.15, 0.2) is 6.07 Å². The molecule has 1 rings (SSSR count). The Kier molecular flexibility index (Phi) is 4.79. The molecule has 0 saturated heterocycles. The van der Waals surface area contributed by atoms with Crippen LogP contribution in [0.1, 0.15) is 19.7 Å². The van der Waals surface area contributed by atoms with E-state index in [-0.39, 0.29) is 0 Å². The van der Waals surface area contributed by atoms with Crippen molar-refractivity contribution < 1.29 is 4.74 Å². The summed E-state index contributed by atoms with van der Waals surface area (Å²) in [5.74, 6) is 7.24. The molecule has 0 aromatic carbocycles. The summed E-state index contributed by atoms with van der Waals surface area (Å²) in [5.41, 5.74) is 2.50. The zero-order chi connectivity index (χ0) is 11.1. The molecule has 0 aliphatic rings. The zero-order valence-electron chi connectivity index (χ0n) is 9.08. The van der Waals surface area contributed by atoms with Gasteiger partial charge in [-0.25, -0.2) is 15.8 Å². The minimum Gasteiger partial charge on any atom is -0.374 e. The van der Waals surface area contributed by atoms with Crippen molar-refractivity contribution in [3.05, 3.63) is 11.9 Å². The van der Waals surface area contributed by atoms with Gasteiger partial charge in [-0.1, -0.05) is 0 Å². The van der Waals surface area contributed by atoms with E-state index in [0.717, 1.165) is 12.4 Å². The summed E-state index contributed by atoms with van der Waals surface area (Å²) in [6.45, 7) is 5.76. The van der Waals surface area contributed by atoms with Crippen LogP contribution in [0.4, 0.5) is 11.6 Å². The van der Waals surface area contributed by atoms with Gasteiger partial charge in [0.2, 0.25) is 0 Å². The standard InChI is InChI=1S/C9H17N5O/c1-3-11-7-5-8(14-10)13-9(12-7)6-15-4-2/h5H,3-4,6,10H2,1-2H3,(H2,11,12,13,14). The molecule has 0 saturated carbocycles. The molecule has 0 unspecified atom stereocenters. The van der Waals surface area contributed by atoms with Gasteiger partial charge in [0.1, 0.15) is 18.2 Å². The van der Waals surface area contributed by atoms with Crippen LogP contribution in [0.5, 0.6) is 0 Å². The van der Waals surface area contributed by atoms with E-state index in [1.54, 1.807) is 6.07 Å². The molecule has 0 amide bonds. The Hall–Kier alpha value is -1.40. The van der Waals surface area contributed by atoms with Gasteiger partial charge in [0.25, 0.3) is 0 Å². The average Bonchev–Trinajstić information content (AvgIpc) is 2.26. The van der Waals surface area contributed by atoms with Gasteiger partial charge in [-0.3, -0.25) is 0 Å². The number of nitrogens with zero attached hydrogens (tertiary/aromatic N) is 2. The molecule has 0 aliphatic heterocycles. The molecule has 15 heavy (non-hydrogen) atoms. The van der Waals surface area contributed by atoms with Crippen LogP contribution in [0.3, 0.4) is 0 Å². The van der Waals surface area contributed by atoms with Crippen molar-refractivity contribution >= 4 is 11.6 Å². The fraction of sp³-hybridized carbons (Fsp3) is 0.556. The topological polar surface area (TPSA) is 85.1 Å². The molecule has 0 spiro atoms. The molecule has 0 bridgehead atoms. The molecular formula is C9H17N5O. The number of hydrogen-bond acceptors (Lipinski definition) is 6. The fourth-order valence-electron chi connectivity index (χ4n) is 1.10. The first kappa shape index (κ1) is 11.7. The molecule has 0 aliphatic carbocycles. The summed E-state index contributed by atoms with van der Waals surface area (Å²) in [5, 5.41) is 3.10. The third-order valence-electron chi connectivity index (χ3n) is 1.71.